The summed E-state index contributed by atoms with van der Waals surface area (Å²) >= 11 is 0. The second-order valence-corrected chi connectivity index (χ2v) is 7.37. The SMILES string of the molecule is CO[Si](CCCc1cc(C)ccc1O)(OC)OC. The van der Waals surface area contributed by atoms with Crippen LogP contribution in [0.4, 0.5) is 0 Å². The van der Waals surface area contributed by atoms with Crippen molar-refractivity contribution in [3.8, 4) is 5.75 Å². The van der Waals surface area contributed by atoms with Crippen molar-refractivity contribution in [2.24, 2.45) is 0 Å². The molecule has 0 atom stereocenters. The molecule has 5 heteroatoms. The molecule has 0 saturated carbocycles. The van der Waals surface area contributed by atoms with Crippen LogP contribution in [0.15, 0.2) is 18.2 Å². The summed E-state index contributed by atoms with van der Waals surface area (Å²) in [6, 6.07) is 6.38. The van der Waals surface area contributed by atoms with E-state index in [-0.39, 0.29) is 0 Å². The van der Waals surface area contributed by atoms with E-state index in [1.54, 1.807) is 27.4 Å². The molecule has 0 unspecified atom stereocenters. The third-order valence-electron chi connectivity index (χ3n) is 3.10. The molecule has 0 bridgehead atoms. The molecule has 0 fully saturated rings. The van der Waals surface area contributed by atoms with Gasteiger partial charge in [-0.25, -0.2) is 0 Å². The first kappa shape index (κ1) is 15.2. The summed E-state index contributed by atoms with van der Waals surface area (Å²) in [5.41, 5.74) is 2.11. The Balaban J connectivity index is 2.57. The molecule has 0 aliphatic rings. The van der Waals surface area contributed by atoms with E-state index < -0.39 is 8.80 Å². The lowest BCUT2D eigenvalue weighted by Gasteiger charge is -2.24. The number of phenolic OH excluding ortho intramolecular Hbond substituents is 1. The van der Waals surface area contributed by atoms with E-state index >= 15 is 0 Å². The van der Waals surface area contributed by atoms with Crippen LogP contribution in [0.2, 0.25) is 6.04 Å². The minimum Gasteiger partial charge on any atom is -0.508 e. The summed E-state index contributed by atoms with van der Waals surface area (Å²) in [5.74, 6) is 0.347. The third kappa shape index (κ3) is 3.81. The number of hydrogen-bond acceptors (Lipinski definition) is 4. The van der Waals surface area contributed by atoms with E-state index in [9.17, 15) is 5.11 Å². The van der Waals surface area contributed by atoms with E-state index in [2.05, 4.69) is 0 Å². The molecule has 0 aromatic heterocycles. The van der Waals surface area contributed by atoms with Crippen molar-refractivity contribution in [2.75, 3.05) is 21.3 Å². The van der Waals surface area contributed by atoms with Crippen molar-refractivity contribution in [3.05, 3.63) is 29.3 Å². The first-order chi connectivity index (χ1) is 8.56. The second kappa shape index (κ2) is 6.89. The predicted molar refractivity (Wildman–Crippen MR) is 72.8 cm³/mol. The first-order valence-electron chi connectivity index (χ1n) is 6.01. The van der Waals surface area contributed by atoms with Crippen molar-refractivity contribution in [3.63, 3.8) is 0 Å². The van der Waals surface area contributed by atoms with Gasteiger partial charge in [-0.15, -0.1) is 0 Å². The fraction of sp³-hybridized carbons (Fsp3) is 0.538. The number of hydrogen-bond donors (Lipinski definition) is 1. The van der Waals surface area contributed by atoms with Crippen LogP contribution in [0.5, 0.6) is 5.75 Å². The number of phenols is 1. The molecule has 0 amide bonds. The Labute approximate surface area is 110 Å². The van der Waals surface area contributed by atoms with Gasteiger partial charge in [0.25, 0.3) is 0 Å². The van der Waals surface area contributed by atoms with Crippen molar-refractivity contribution >= 4 is 8.80 Å². The van der Waals surface area contributed by atoms with Gasteiger partial charge in [0.15, 0.2) is 0 Å². The molecule has 0 aliphatic carbocycles. The fourth-order valence-corrected chi connectivity index (χ4v) is 3.69. The molecule has 0 radical (unpaired) electrons. The van der Waals surface area contributed by atoms with E-state index in [4.69, 9.17) is 13.3 Å². The monoisotopic (exact) mass is 270 g/mol. The standard InChI is InChI=1S/C13H22O4Si/c1-11-7-8-13(14)12(10-11)6-5-9-18(15-2,16-3)17-4/h7-8,10,14H,5-6,9H2,1-4H3. The molecular weight excluding hydrogens is 248 g/mol. The molecule has 0 saturated heterocycles. The largest absolute Gasteiger partial charge is 0.508 e. The maximum absolute atomic E-state index is 9.75. The molecule has 1 aromatic rings. The lowest BCUT2D eigenvalue weighted by molar-refractivity contribution is 0.123. The Morgan fingerprint density at radius 2 is 1.72 bits per heavy atom. The van der Waals surface area contributed by atoms with Gasteiger partial charge in [-0.1, -0.05) is 17.7 Å². The van der Waals surface area contributed by atoms with Crippen molar-refractivity contribution in [1.29, 1.82) is 0 Å². The lowest BCUT2D eigenvalue weighted by Crippen LogP contribution is -2.42. The topological polar surface area (TPSA) is 47.9 Å². The van der Waals surface area contributed by atoms with Crippen LogP contribution in [-0.4, -0.2) is 35.2 Å². The van der Waals surface area contributed by atoms with E-state index in [1.165, 1.54) is 0 Å². The summed E-state index contributed by atoms with van der Waals surface area (Å²) < 4.78 is 16.1. The van der Waals surface area contributed by atoms with Crippen LogP contribution < -0.4 is 0 Å². The molecule has 4 nitrogen and oxygen atoms in total. The van der Waals surface area contributed by atoms with E-state index in [1.807, 2.05) is 19.1 Å². The molecule has 0 spiro atoms. The molecule has 102 valence electrons. The highest BCUT2D eigenvalue weighted by atomic mass is 28.4. The zero-order chi connectivity index (χ0) is 13.6. The highest BCUT2D eigenvalue weighted by Crippen LogP contribution is 2.23. The van der Waals surface area contributed by atoms with Gasteiger partial charge in [0.1, 0.15) is 5.75 Å². The Morgan fingerprint density at radius 3 is 2.28 bits per heavy atom. The van der Waals surface area contributed by atoms with Gasteiger partial charge >= 0.3 is 8.80 Å². The van der Waals surface area contributed by atoms with E-state index in [0.717, 1.165) is 30.0 Å². The smallest absolute Gasteiger partial charge is 0.500 e. The number of rotatable bonds is 7. The second-order valence-electron chi connectivity index (χ2n) is 4.28. The number of aromatic hydroxyl groups is 1. The van der Waals surface area contributed by atoms with Gasteiger partial charge in [0, 0.05) is 27.4 Å². The lowest BCUT2D eigenvalue weighted by atomic mass is 10.1. The molecule has 0 aliphatic heterocycles. The van der Waals surface area contributed by atoms with Crippen LogP contribution in [0.3, 0.4) is 0 Å². The summed E-state index contributed by atoms with van der Waals surface area (Å²) in [4.78, 5) is 0. The van der Waals surface area contributed by atoms with Gasteiger partial charge in [0.05, 0.1) is 0 Å². The molecule has 1 N–H and O–H groups in total. The van der Waals surface area contributed by atoms with Gasteiger partial charge in [-0.05, 0) is 31.4 Å². The quantitative estimate of drug-likeness (QED) is 0.773. The van der Waals surface area contributed by atoms with Crippen molar-refractivity contribution < 1.29 is 18.4 Å². The molecule has 18 heavy (non-hydrogen) atoms. The number of aryl methyl sites for hydroxylation is 2. The Morgan fingerprint density at radius 1 is 1.11 bits per heavy atom. The maximum Gasteiger partial charge on any atom is 0.500 e. The summed E-state index contributed by atoms with van der Waals surface area (Å²) in [5, 5.41) is 9.75. The Hall–Kier alpha value is -0.883. The molecule has 0 heterocycles. The minimum absolute atomic E-state index is 0.347. The third-order valence-corrected chi connectivity index (χ3v) is 5.93. The highest BCUT2D eigenvalue weighted by Gasteiger charge is 2.36. The van der Waals surface area contributed by atoms with Crippen molar-refractivity contribution in [2.45, 2.75) is 25.8 Å². The van der Waals surface area contributed by atoms with Gasteiger partial charge in [-0.3, -0.25) is 0 Å². The Bertz CT molecular complexity index is 369. The zero-order valence-electron chi connectivity index (χ0n) is 11.5. The van der Waals surface area contributed by atoms with Gasteiger partial charge in [0.2, 0.25) is 0 Å². The van der Waals surface area contributed by atoms with Crippen LogP contribution in [0.1, 0.15) is 17.5 Å². The minimum atomic E-state index is -2.48. The van der Waals surface area contributed by atoms with Gasteiger partial charge in [-0.2, -0.15) is 0 Å². The summed E-state index contributed by atoms with van der Waals surface area (Å²) in [7, 11) is 2.36. The summed E-state index contributed by atoms with van der Waals surface area (Å²) in [6.07, 6.45) is 1.65. The molecular formula is C13H22O4Si. The molecule has 1 rings (SSSR count). The van der Waals surface area contributed by atoms with Crippen molar-refractivity contribution in [1.82, 2.24) is 0 Å². The first-order valence-corrected chi connectivity index (χ1v) is 7.94. The van der Waals surface area contributed by atoms with Crippen LogP contribution in [0, 0.1) is 6.92 Å². The average molecular weight is 270 g/mol. The van der Waals surface area contributed by atoms with Crippen LogP contribution in [0.25, 0.3) is 0 Å². The van der Waals surface area contributed by atoms with E-state index in [0.29, 0.717) is 5.75 Å². The van der Waals surface area contributed by atoms with Gasteiger partial charge < -0.3 is 18.4 Å². The highest BCUT2D eigenvalue weighted by molar-refractivity contribution is 6.60. The average Bonchev–Trinajstić information content (AvgIpc) is 2.39. The Kier molecular flexibility index (Phi) is 5.81. The number of benzene rings is 1. The fourth-order valence-electron chi connectivity index (χ4n) is 1.97. The van der Waals surface area contributed by atoms with Crippen LogP contribution >= 0.6 is 0 Å². The normalized spacial score (nSPS) is 11.8. The zero-order valence-corrected chi connectivity index (χ0v) is 12.5. The summed E-state index contributed by atoms with van der Waals surface area (Å²) in [6.45, 7) is 2.02. The predicted octanol–water partition coefficient (Wildman–Crippen LogP) is 2.51. The maximum atomic E-state index is 9.75. The van der Waals surface area contributed by atoms with Crippen LogP contribution in [-0.2, 0) is 19.7 Å². The molecule has 1 aromatic carbocycles.